The Morgan fingerprint density at radius 1 is 1.04 bits per heavy atom. The first-order valence-electron chi connectivity index (χ1n) is 8.49. The van der Waals surface area contributed by atoms with Crippen molar-refractivity contribution in [1.82, 2.24) is 9.88 Å². The van der Waals surface area contributed by atoms with E-state index in [4.69, 9.17) is 9.47 Å². The fourth-order valence-electron chi connectivity index (χ4n) is 3.11. The van der Waals surface area contributed by atoms with Crippen LogP contribution in [0.5, 0.6) is 11.5 Å². The molecule has 0 bridgehead atoms. The molecule has 2 aromatic rings. The highest BCUT2D eigenvalue weighted by Gasteiger charge is 2.21. The summed E-state index contributed by atoms with van der Waals surface area (Å²) >= 11 is 0. The van der Waals surface area contributed by atoms with Crippen LogP contribution in [0.3, 0.4) is 0 Å². The summed E-state index contributed by atoms with van der Waals surface area (Å²) in [5.74, 6) is 2.32. The molecule has 0 amide bonds. The van der Waals surface area contributed by atoms with E-state index < -0.39 is 6.10 Å². The third-order valence-electron chi connectivity index (χ3n) is 4.57. The maximum atomic E-state index is 10.6. The van der Waals surface area contributed by atoms with Crippen LogP contribution in [-0.2, 0) is 0 Å². The summed E-state index contributed by atoms with van der Waals surface area (Å²) in [5, 5.41) is 10.6. The quantitative estimate of drug-likeness (QED) is 0.865. The van der Waals surface area contributed by atoms with Crippen LogP contribution in [-0.4, -0.2) is 61.9 Å². The van der Waals surface area contributed by atoms with E-state index in [9.17, 15) is 5.11 Å². The number of piperazine rings is 1. The van der Waals surface area contributed by atoms with Gasteiger partial charge in [0.15, 0.2) is 11.5 Å². The van der Waals surface area contributed by atoms with Crippen molar-refractivity contribution in [3.8, 4) is 11.5 Å². The van der Waals surface area contributed by atoms with Gasteiger partial charge in [-0.3, -0.25) is 4.90 Å². The molecule has 6 heteroatoms. The van der Waals surface area contributed by atoms with Crippen molar-refractivity contribution in [1.29, 1.82) is 0 Å². The minimum absolute atomic E-state index is 0.554. The lowest BCUT2D eigenvalue weighted by Gasteiger charge is -2.36. The lowest BCUT2D eigenvalue weighted by atomic mass is 10.1. The molecule has 1 aliphatic rings. The summed E-state index contributed by atoms with van der Waals surface area (Å²) in [6.07, 6.45) is 1.27. The Kier molecular flexibility index (Phi) is 5.73. The Morgan fingerprint density at radius 2 is 1.80 bits per heavy atom. The van der Waals surface area contributed by atoms with Gasteiger partial charge >= 0.3 is 0 Å². The summed E-state index contributed by atoms with van der Waals surface area (Å²) < 4.78 is 10.6. The number of aromatic nitrogens is 1. The first kappa shape index (κ1) is 17.5. The molecule has 1 fully saturated rings. The highest BCUT2D eigenvalue weighted by Crippen LogP contribution is 2.30. The van der Waals surface area contributed by atoms with E-state index in [1.807, 2.05) is 42.6 Å². The second kappa shape index (κ2) is 8.18. The van der Waals surface area contributed by atoms with Crippen LogP contribution in [0.2, 0.25) is 0 Å². The Labute approximate surface area is 148 Å². The molecular weight excluding hydrogens is 318 g/mol. The summed E-state index contributed by atoms with van der Waals surface area (Å²) in [4.78, 5) is 8.96. The molecule has 2 heterocycles. The maximum absolute atomic E-state index is 10.6. The first-order chi connectivity index (χ1) is 12.2. The van der Waals surface area contributed by atoms with Crippen molar-refractivity contribution in [3.05, 3.63) is 48.2 Å². The molecule has 1 unspecified atom stereocenters. The second-order valence-corrected chi connectivity index (χ2v) is 6.11. The number of aliphatic hydroxyl groups is 1. The van der Waals surface area contributed by atoms with Gasteiger partial charge in [0.1, 0.15) is 5.82 Å². The van der Waals surface area contributed by atoms with Gasteiger partial charge in [0.05, 0.1) is 20.3 Å². The van der Waals surface area contributed by atoms with Crippen molar-refractivity contribution in [2.45, 2.75) is 6.10 Å². The normalized spacial score (nSPS) is 16.5. The number of anilines is 1. The lowest BCUT2D eigenvalue weighted by molar-refractivity contribution is 0.109. The minimum Gasteiger partial charge on any atom is -0.493 e. The van der Waals surface area contributed by atoms with Crippen molar-refractivity contribution >= 4 is 5.82 Å². The standard InChI is InChI=1S/C19H25N3O3/c1-24-17-7-6-15(13-18(17)25-2)16(23)14-21-9-11-22(12-10-21)19-5-3-4-8-20-19/h3-8,13,16,23H,9-12,14H2,1-2H3. The number of rotatable bonds is 6. The van der Waals surface area contributed by atoms with Crippen molar-refractivity contribution in [2.75, 3.05) is 51.8 Å². The average molecular weight is 343 g/mol. The third kappa shape index (κ3) is 4.21. The number of pyridine rings is 1. The number of nitrogens with zero attached hydrogens (tertiary/aromatic N) is 3. The fourth-order valence-corrected chi connectivity index (χ4v) is 3.11. The molecular formula is C19H25N3O3. The van der Waals surface area contributed by atoms with E-state index in [2.05, 4.69) is 14.8 Å². The molecule has 0 aliphatic carbocycles. The molecule has 25 heavy (non-hydrogen) atoms. The zero-order valence-electron chi connectivity index (χ0n) is 14.8. The van der Waals surface area contributed by atoms with Gasteiger partial charge in [-0.25, -0.2) is 4.98 Å². The Balaban J connectivity index is 1.57. The highest BCUT2D eigenvalue weighted by molar-refractivity contribution is 5.43. The van der Waals surface area contributed by atoms with Gasteiger partial charge in [-0.05, 0) is 29.8 Å². The zero-order valence-corrected chi connectivity index (χ0v) is 14.8. The van der Waals surface area contributed by atoms with Crippen molar-refractivity contribution < 1.29 is 14.6 Å². The number of hydrogen-bond donors (Lipinski definition) is 1. The van der Waals surface area contributed by atoms with E-state index in [1.165, 1.54) is 0 Å². The molecule has 6 nitrogen and oxygen atoms in total. The SMILES string of the molecule is COc1ccc(C(O)CN2CCN(c3ccccn3)CC2)cc1OC. The maximum Gasteiger partial charge on any atom is 0.161 e. The van der Waals surface area contributed by atoms with Gasteiger partial charge in [-0.2, -0.15) is 0 Å². The topological polar surface area (TPSA) is 58.1 Å². The monoisotopic (exact) mass is 343 g/mol. The number of β-amino-alcohol motifs (C(OH)–C–C–N with tert-alkyl or cyclic N) is 1. The van der Waals surface area contributed by atoms with Crippen LogP contribution in [0.1, 0.15) is 11.7 Å². The molecule has 1 atom stereocenters. The van der Waals surface area contributed by atoms with Crippen LogP contribution in [0.4, 0.5) is 5.82 Å². The summed E-state index contributed by atoms with van der Waals surface area (Å²) in [7, 11) is 3.21. The van der Waals surface area contributed by atoms with Crippen LogP contribution < -0.4 is 14.4 Å². The van der Waals surface area contributed by atoms with Gasteiger partial charge in [-0.1, -0.05) is 12.1 Å². The molecule has 0 saturated carbocycles. The fraction of sp³-hybridized carbons (Fsp3) is 0.421. The van der Waals surface area contributed by atoms with Crippen molar-refractivity contribution in [3.63, 3.8) is 0 Å². The van der Waals surface area contributed by atoms with Crippen LogP contribution in [0, 0.1) is 0 Å². The largest absolute Gasteiger partial charge is 0.493 e. The molecule has 1 aromatic carbocycles. The summed E-state index contributed by atoms with van der Waals surface area (Å²) in [6, 6.07) is 11.5. The summed E-state index contributed by atoms with van der Waals surface area (Å²) in [6.45, 7) is 4.23. The zero-order chi connectivity index (χ0) is 17.6. The van der Waals surface area contributed by atoms with Gasteiger partial charge in [0.2, 0.25) is 0 Å². The minimum atomic E-state index is -0.554. The number of hydrogen-bond acceptors (Lipinski definition) is 6. The number of methoxy groups -OCH3 is 2. The Morgan fingerprint density at radius 3 is 2.44 bits per heavy atom. The van der Waals surface area contributed by atoms with Gasteiger partial charge in [-0.15, -0.1) is 0 Å². The Hall–Kier alpha value is -2.31. The van der Waals surface area contributed by atoms with Gasteiger partial charge in [0.25, 0.3) is 0 Å². The van der Waals surface area contributed by atoms with Crippen LogP contribution >= 0.6 is 0 Å². The first-order valence-corrected chi connectivity index (χ1v) is 8.49. The molecule has 1 aromatic heterocycles. The van der Waals surface area contributed by atoms with Gasteiger partial charge in [0, 0.05) is 38.9 Å². The van der Waals surface area contributed by atoms with E-state index in [1.54, 1.807) is 14.2 Å². The van der Waals surface area contributed by atoms with E-state index >= 15 is 0 Å². The predicted octanol–water partition coefficient (Wildman–Crippen LogP) is 1.95. The van der Waals surface area contributed by atoms with E-state index in [0.717, 1.165) is 37.6 Å². The second-order valence-electron chi connectivity index (χ2n) is 6.11. The van der Waals surface area contributed by atoms with Crippen LogP contribution in [0.15, 0.2) is 42.6 Å². The average Bonchev–Trinajstić information content (AvgIpc) is 2.68. The molecule has 1 saturated heterocycles. The molecule has 134 valence electrons. The molecule has 1 N–H and O–H groups in total. The summed E-state index contributed by atoms with van der Waals surface area (Å²) in [5.41, 5.74) is 0.838. The molecule has 3 rings (SSSR count). The third-order valence-corrected chi connectivity index (χ3v) is 4.57. The smallest absolute Gasteiger partial charge is 0.161 e. The van der Waals surface area contributed by atoms with Crippen molar-refractivity contribution in [2.24, 2.45) is 0 Å². The van der Waals surface area contributed by atoms with E-state index in [0.29, 0.717) is 18.0 Å². The number of ether oxygens (including phenoxy) is 2. The number of aliphatic hydroxyl groups excluding tert-OH is 1. The van der Waals surface area contributed by atoms with Crippen LogP contribution in [0.25, 0.3) is 0 Å². The molecule has 1 aliphatic heterocycles. The highest BCUT2D eigenvalue weighted by atomic mass is 16.5. The Bertz CT molecular complexity index is 673. The lowest BCUT2D eigenvalue weighted by Crippen LogP contribution is -2.47. The molecule has 0 spiro atoms. The predicted molar refractivity (Wildman–Crippen MR) is 97.4 cm³/mol. The molecule has 0 radical (unpaired) electrons. The number of benzene rings is 1. The van der Waals surface area contributed by atoms with Gasteiger partial charge < -0.3 is 19.5 Å². The van der Waals surface area contributed by atoms with E-state index in [-0.39, 0.29) is 0 Å².